The van der Waals surface area contributed by atoms with Crippen LogP contribution < -0.4 is 4.74 Å². The van der Waals surface area contributed by atoms with E-state index < -0.39 is 0 Å². The average Bonchev–Trinajstić information content (AvgIpc) is 2.57. The monoisotopic (exact) mass is 314 g/mol. The van der Waals surface area contributed by atoms with Crippen molar-refractivity contribution in [3.8, 4) is 17.2 Å². The van der Waals surface area contributed by atoms with Gasteiger partial charge in [0.2, 0.25) is 0 Å². The lowest BCUT2D eigenvalue weighted by Gasteiger charge is -2.09. The first-order valence-corrected chi connectivity index (χ1v) is 7.26. The van der Waals surface area contributed by atoms with E-state index in [2.05, 4.69) is 4.74 Å². The van der Waals surface area contributed by atoms with Crippen molar-refractivity contribution in [1.29, 1.82) is 0 Å². The molecule has 0 aliphatic heterocycles. The summed E-state index contributed by atoms with van der Waals surface area (Å²) < 4.78 is 10.2. The van der Waals surface area contributed by atoms with E-state index in [0.29, 0.717) is 17.9 Å². The number of phenolic OH excluding ortho intramolecular Hbond substituents is 1. The minimum atomic E-state index is -0.358. The third kappa shape index (κ3) is 4.85. The minimum absolute atomic E-state index is 0.103. The van der Waals surface area contributed by atoms with Crippen LogP contribution in [0, 0.1) is 0 Å². The normalized spacial score (nSPS) is 10.1. The van der Waals surface area contributed by atoms with E-state index in [1.807, 2.05) is 18.2 Å². The first kappa shape index (κ1) is 16.5. The fourth-order valence-corrected chi connectivity index (χ4v) is 2.06. The molecule has 0 heterocycles. The zero-order valence-corrected chi connectivity index (χ0v) is 12.8. The Balaban J connectivity index is 2.05. The number of Topliss-reactive ketones (excluding diaryl/α,β-unsaturated/α-hetero) is 1. The van der Waals surface area contributed by atoms with E-state index in [4.69, 9.17) is 4.74 Å². The predicted octanol–water partition coefficient (Wildman–Crippen LogP) is 3.71. The van der Waals surface area contributed by atoms with Crippen LogP contribution in [0.4, 0.5) is 0 Å². The first-order chi connectivity index (χ1) is 11.1. The Bertz CT molecular complexity index is 679. The first-order valence-electron chi connectivity index (χ1n) is 7.26. The Hall–Kier alpha value is -2.82. The number of esters is 1. The molecule has 0 aliphatic rings. The number of ether oxygens (including phenoxy) is 2. The molecule has 0 atom stereocenters. The van der Waals surface area contributed by atoms with Gasteiger partial charge in [0.1, 0.15) is 17.2 Å². The zero-order chi connectivity index (χ0) is 16.7. The van der Waals surface area contributed by atoms with Crippen LogP contribution in [0.3, 0.4) is 0 Å². The quantitative estimate of drug-likeness (QED) is 0.623. The fourth-order valence-electron chi connectivity index (χ4n) is 2.06. The van der Waals surface area contributed by atoms with E-state index in [1.165, 1.54) is 19.2 Å². The number of para-hydroxylation sites is 1. The molecule has 1 N–H and O–H groups in total. The zero-order valence-electron chi connectivity index (χ0n) is 12.8. The van der Waals surface area contributed by atoms with Gasteiger partial charge in [-0.05, 0) is 36.8 Å². The number of carbonyl (C=O) groups excluding carboxylic acids is 2. The molecule has 2 aromatic rings. The van der Waals surface area contributed by atoms with Crippen molar-refractivity contribution in [2.75, 3.05) is 7.11 Å². The fraction of sp³-hybridized carbons (Fsp3) is 0.222. The molecule has 5 heteroatoms. The third-order valence-electron chi connectivity index (χ3n) is 3.26. The Morgan fingerprint density at radius 1 is 1.00 bits per heavy atom. The van der Waals surface area contributed by atoms with Gasteiger partial charge in [0.05, 0.1) is 12.7 Å². The molecule has 0 saturated heterocycles. The maximum Gasteiger partial charge on any atom is 0.305 e. The highest BCUT2D eigenvalue weighted by Crippen LogP contribution is 2.28. The van der Waals surface area contributed by atoms with Crippen LogP contribution >= 0.6 is 0 Å². The summed E-state index contributed by atoms with van der Waals surface area (Å²) >= 11 is 0. The van der Waals surface area contributed by atoms with E-state index in [0.717, 1.165) is 0 Å². The van der Waals surface area contributed by atoms with E-state index in [1.54, 1.807) is 18.2 Å². The number of rotatable bonds is 7. The summed E-state index contributed by atoms with van der Waals surface area (Å²) in [5, 5.41) is 9.86. The minimum Gasteiger partial charge on any atom is -0.507 e. The molecule has 0 saturated carbocycles. The summed E-state index contributed by atoms with van der Waals surface area (Å²) in [6.45, 7) is 0. The van der Waals surface area contributed by atoms with E-state index in [-0.39, 0.29) is 35.9 Å². The number of ketones is 1. The van der Waals surface area contributed by atoms with Gasteiger partial charge in [-0.1, -0.05) is 18.2 Å². The molecule has 120 valence electrons. The molecule has 23 heavy (non-hydrogen) atoms. The van der Waals surface area contributed by atoms with Crippen molar-refractivity contribution in [2.24, 2.45) is 0 Å². The lowest BCUT2D eigenvalue weighted by atomic mass is 10.0. The van der Waals surface area contributed by atoms with Crippen LogP contribution in [0.25, 0.3) is 0 Å². The number of methoxy groups -OCH3 is 1. The summed E-state index contributed by atoms with van der Waals surface area (Å²) in [6.07, 6.45) is 0.690. The van der Waals surface area contributed by atoms with Crippen molar-refractivity contribution in [3.63, 3.8) is 0 Å². The second kappa shape index (κ2) is 7.98. The van der Waals surface area contributed by atoms with Crippen LogP contribution in [-0.2, 0) is 9.53 Å². The lowest BCUT2D eigenvalue weighted by Crippen LogP contribution is -2.04. The van der Waals surface area contributed by atoms with Crippen molar-refractivity contribution in [3.05, 3.63) is 54.1 Å². The van der Waals surface area contributed by atoms with Crippen molar-refractivity contribution in [2.45, 2.75) is 19.3 Å². The summed E-state index contributed by atoms with van der Waals surface area (Å²) in [6, 6.07) is 13.7. The summed E-state index contributed by atoms with van der Waals surface area (Å²) in [5.41, 5.74) is 0.184. The van der Waals surface area contributed by atoms with Crippen LogP contribution in [0.5, 0.6) is 17.2 Å². The highest BCUT2D eigenvalue weighted by atomic mass is 16.5. The predicted molar refractivity (Wildman–Crippen MR) is 84.8 cm³/mol. The standard InChI is InChI=1S/C18H18O5/c1-22-18(21)9-5-8-16(19)15-12-14(10-11-17(15)20)23-13-6-3-2-4-7-13/h2-4,6-7,10-12,20H,5,8-9H2,1H3. The summed E-state index contributed by atoms with van der Waals surface area (Å²) in [4.78, 5) is 23.2. The molecule has 0 bridgehead atoms. The van der Waals surface area contributed by atoms with Gasteiger partial charge in [0.25, 0.3) is 0 Å². The van der Waals surface area contributed by atoms with Gasteiger partial charge in [-0.25, -0.2) is 0 Å². The third-order valence-corrected chi connectivity index (χ3v) is 3.26. The SMILES string of the molecule is COC(=O)CCCC(=O)c1cc(Oc2ccccc2)ccc1O. The van der Waals surface area contributed by atoms with Gasteiger partial charge in [-0.2, -0.15) is 0 Å². The summed E-state index contributed by atoms with van der Waals surface area (Å²) in [5.74, 6) is 0.397. The molecule has 0 fully saturated rings. The summed E-state index contributed by atoms with van der Waals surface area (Å²) in [7, 11) is 1.31. The number of phenols is 1. The van der Waals surface area contributed by atoms with Gasteiger partial charge in [-0.3, -0.25) is 9.59 Å². The molecule has 5 nitrogen and oxygen atoms in total. The lowest BCUT2D eigenvalue weighted by molar-refractivity contribution is -0.140. The smallest absolute Gasteiger partial charge is 0.305 e. The van der Waals surface area contributed by atoms with E-state index in [9.17, 15) is 14.7 Å². The Labute approximate surface area is 134 Å². The molecule has 0 radical (unpaired) electrons. The number of carbonyl (C=O) groups is 2. The molecule has 0 unspecified atom stereocenters. The molecule has 0 aliphatic carbocycles. The second-order valence-corrected chi connectivity index (χ2v) is 4.95. The van der Waals surface area contributed by atoms with Crippen molar-refractivity contribution in [1.82, 2.24) is 0 Å². The highest BCUT2D eigenvalue weighted by molar-refractivity contribution is 5.99. The molecule has 2 aromatic carbocycles. The van der Waals surface area contributed by atoms with Gasteiger partial charge in [-0.15, -0.1) is 0 Å². The van der Waals surface area contributed by atoms with Crippen LogP contribution in [-0.4, -0.2) is 24.0 Å². The Kier molecular flexibility index (Phi) is 5.74. The van der Waals surface area contributed by atoms with Gasteiger partial charge in [0.15, 0.2) is 5.78 Å². The van der Waals surface area contributed by atoms with Gasteiger partial charge >= 0.3 is 5.97 Å². The maximum absolute atomic E-state index is 12.2. The largest absolute Gasteiger partial charge is 0.507 e. The van der Waals surface area contributed by atoms with Crippen LogP contribution in [0.1, 0.15) is 29.6 Å². The molecular formula is C18H18O5. The molecule has 0 aromatic heterocycles. The maximum atomic E-state index is 12.2. The average molecular weight is 314 g/mol. The number of hydrogen-bond acceptors (Lipinski definition) is 5. The topological polar surface area (TPSA) is 72.8 Å². The van der Waals surface area contributed by atoms with Crippen LogP contribution in [0.15, 0.2) is 48.5 Å². The van der Waals surface area contributed by atoms with Crippen LogP contribution in [0.2, 0.25) is 0 Å². The Morgan fingerprint density at radius 3 is 2.43 bits per heavy atom. The molecule has 2 rings (SSSR count). The van der Waals surface area contributed by atoms with Gasteiger partial charge in [0, 0.05) is 12.8 Å². The van der Waals surface area contributed by atoms with Crippen molar-refractivity contribution >= 4 is 11.8 Å². The molecule has 0 amide bonds. The number of benzene rings is 2. The number of hydrogen-bond donors (Lipinski definition) is 1. The highest BCUT2D eigenvalue weighted by Gasteiger charge is 2.13. The van der Waals surface area contributed by atoms with E-state index >= 15 is 0 Å². The van der Waals surface area contributed by atoms with Crippen molar-refractivity contribution < 1.29 is 24.2 Å². The molecule has 0 spiro atoms. The van der Waals surface area contributed by atoms with Gasteiger partial charge < -0.3 is 14.6 Å². The number of aromatic hydroxyl groups is 1. The Morgan fingerprint density at radius 2 is 1.74 bits per heavy atom. The molecular weight excluding hydrogens is 296 g/mol. The second-order valence-electron chi connectivity index (χ2n) is 4.95.